The molecule has 24 heavy (non-hydrogen) atoms. The molecule has 2 aromatic rings. The monoisotopic (exact) mass is 369 g/mol. The SMILES string of the molecule is CCOC(=O)c1cc2sc(Cl)cc2n1C1(C(=O)OC(C)(C)C)CC1. The number of fused-ring (bicyclic) bond motifs is 1. The van der Waals surface area contributed by atoms with Crippen LogP contribution in [-0.4, -0.2) is 28.7 Å². The third-order valence-corrected chi connectivity index (χ3v) is 5.08. The number of halogens is 1. The Balaban J connectivity index is 2.11. The van der Waals surface area contributed by atoms with Crippen molar-refractivity contribution < 1.29 is 19.1 Å². The Morgan fingerprint density at radius 1 is 1.33 bits per heavy atom. The summed E-state index contributed by atoms with van der Waals surface area (Å²) in [5.74, 6) is -0.757. The van der Waals surface area contributed by atoms with Crippen molar-refractivity contribution in [3.63, 3.8) is 0 Å². The molecule has 2 heterocycles. The van der Waals surface area contributed by atoms with Gasteiger partial charge >= 0.3 is 11.9 Å². The van der Waals surface area contributed by atoms with Crippen molar-refractivity contribution in [2.75, 3.05) is 6.61 Å². The largest absolute Gasteiger partial charge is 0.461 e. The molecule has 0 atom stereocenters. The Kier molecular flexibility index (Phi) is 4.16. The topological polar surface area (TPSA) is 57.5 Å². The summed E-state index contributed by atoms with van der Waals surface area (Å²) in [5.41, 5.74) is -0.286. The Morgan fingerprint density at radius 3 is 2.54 bits per heavy atom. The first-order chi connectivity index (χ1) is 11.2. The van der Waals surface area contributed by atoms with E-state index in [0.717, 1.165) is 10.2 Å². The van der Waals surface area contributed by atoms with Crippen LogP contribution in [0.1, 0.15) is 51.0 Å². The second-order valence-corrected chi connectivity index (χ2v) is 8.63. The van der Waals surface area contributed by atoms with E-state index in [1.54, 1.807) is 23.6 Å². The van der Waals surface area contributed by atoms with Gasteiger partial charge in [0.25, 0.3) is 0 Å². The highest BCUT2D eigenvalue weighted by Crippen LogP contribution is 2.49. The summed E-state index contributed by atoms with van der Waals surface area (Å²) in [6, 6.07) is 3.53. The predicted octanol–water partition coefficient (Wildman–Crippen LogP) is 4.36. The smallest absolute Gasteiger partial charge is 0.355 e. The molecule has 1 saturated carbocycles. The average molecular weight is 370 g/mol. The molecule has 0 aliphatic heterocycles. The Morgan fingerprint density at radius 2 is 2.00 bits per heavy atom. The number of carbonyl (C=O) groups is 2. The van der Waals surface area contributed by atoms with E-state index in [0.29, 0.717) is 22.9 Å². The molecule has 0 radical (unpaired) electrons. The first kappa shape index (κ1) is 17.3. The van der Waals surface area contributed by atoms with Gasteiger partial charge in [0.05, 0.1) is 21.2 Å². The zero-order chi connectivity index (χ0) is 17.7. The fourth-order valence-electron chi connectivity index (χ4n) is 2.79. The molecule has 5 nitrogen and oxygen atoms in total. The van der Waals surface area contributed by atoms with Gasteiger partial charge in [-0.3, -0.25) is 0 Å². The fraction of sp³-hybridized carbons (Fsp3) is 0.529. The van der Waals surface area contributed by atoms with Crippen molar-refractivity contribution in [3.05, 3.63) is 22.2 Å². The van der Waals surface area contributed by atoms with Crippen LogP contribution in [0.4, 0.5) is 0 Å². The van der Waals surface area contributed by atoms with E-state index in [4.69, 9.17) is 21.1 Å². The van der Waals surface area contributed by atoms with Crippen LogP contribution < -0.4 is 0 Å². The van der Waals surface area contributed by atoms with E-state index in [-0.39, 0.29) is 12.6 Å². The van der Waals surface area contributed by atoms with Crippen molar-refractivity contribution in [2.24, 2.45) is 0 Å². The molecular formula is C17H20ClNO4S. The first-order valence-corrected chi connectivity index (χ1v) is 9.09. The van der Waals surface area contributed by atoms with Gasteiger partial charge in [0, 0.05) is 0 Å². The van der Waals surface area contributed by atoms with E-state index < -0.39 is 17.1 Å². The van der Waals surface area contributed by atoms with Gasteiger partial charge < -0.3 is 14.0 Å². The van der Waals surface area contributed by atoms with Gasteiger partial charge in [0.1, 0.15) is 16.8 Å². The first-order valence-electron chi connectivity index (χ1n) is 7.90. The molecule has 130 valence electrons. The molecule has 0 amide bonds. The molecule has 3 rings (SSSR count). The molecule has 2 aromatic heterocycles. The number of carbonyl (C=O) groups excluding carboxylic acids is 2. The second kappa shape index (κ2) is 5.77. The van der Waals surface area contributed by atoms with Crippen molar-refractivity contribution in [1.82, 2.24) is 4.57 Å². The third kappa shape index (κ3) is 2.93. The van der Waals surface area contributed by atoms with E-state index in [1.807, 2.05) is 20.8 Å². The molecule has 7 heteroatoms. The lowest BCUT2D eigenvalue weighted by Crippen LogP contribution is -2.37. The minimum absolute atomic E-state index is 0.276. The molecule has 0 spiro atoms. The van der Waals surface area contributed by atoms with Crippen molar-refractivity contribution in [1.29, 1.82) is 0 Å². The molecule has 1 fully saturated rings. The van der Waals surface area contributed by atoms with Crippen molar-refractivity contribution >= 4 is 45.1 Å². The normalized spacial score (nSPS) is 16.2. The lowest BCUT2D eigenvalue weighted by Gasteiger charge is -2.26. The van der Waals surface area contributed by atoms with Crippen LogP contribution in [-0.2, 0) is 19.8 Å². The predicted molar refractivity (Wildman–Crippen MR) is 93.8 cm³/mol. The molecule has 1 aliphatic rings. The number of ether oxygens (including phenoxy) is 2. The van der Waals surface area contributed by atoms with E-state index in [1.165, 1.54) is 11.3 Å². The quantitative estimate of drug-likeness (QED) is 0.751. The van der Waals surface area contributed by atoms with Crippen molar-refractivity contribution in [2.45, 2.75) is 51.7 Å². The summed E-state index contributed by atoms with van der Waals surface area (Å²) < 4.78 is 14.0. The molecule has 1 aliphatic carbocycles. The van der Waals surface area contributed by atoms with Gasteiger partial charge in [-0.05, 0) is 52.7 Å². The number of aromatic nitrogens is 1. The number of thiophene rings is 1. The minimum atomic E-state index is -0.846. The molecule has 0 unspecified atom stereocenters. The van der Waals surface area contributed by atoms with Gasteiger partial charge in [-0.15, -0.1) is 11.3 Å². The maximum atomic E-state index is 12.8. The molecule has 0 bridgehead atoms. The van der Waals surface area contributed by atoms with Gasteiger partial charge in [0.2, 0.25) is 0 Å². The maximum Gasteiger partial charge on any atom is 0.355 e. The molecule has 0 saturated heterocycles. The van der Waals surface area contributed by atoms with E-state index in [9.17, 15) is 9.59 Å². The molecular weight excluding hydrogens is 350 g/mol. The fourth-order valence-corrected chi connectivity index (χ4v) is 3.95. The lowest BCUT2D eigenvalue weighted by atomic mass is 10.1. The maximum absolute atomic E-state index is 12.8. The Labute approximate surface area is 149 Å². The summed E-state index contributed by atoms with van der Waals surface area (Å²) >= 11 is 7.49. The van der Waals surface area contributed by atoms with Crippen LogP contribution in [0.5, 0.6) is 0 Å². The summed E-state index contributed by atoms with van der Waals surface area (Å²) in [7, 11) is 0. The lowest BCUT2D eigenvalue weighted by molar-refractivity contribution is -0.160. The highest BCUT2D eigenvalue weighted by atomic mass is 35.5. The number of rotatable bonds is 4. The highest BCUT2D eigenvalue weighted by Gasteiger charge is 2.56. The zero-order valence-electron chi connectivity index (χ0n) is 14.1. The second-order valence-electron chi connectivity index (χ2n) is 6.92. The van der Waals surface area contributed by atoms with E-state index >= 15 is 0 Å². The number of nitrogens with zero attached hydrogens (tertiary/aromatic N) is 1. The van der Waals surface area contributed by atoms with Gasteiger partial charge in [0.15, 0.2) is 0 Å². The van der Waals surface area contributed by atoms with Crippen LogP contribution in [0.15, 0.2) is 12.1 Å². The van der Waals surface area contributed by atoms with Gasteiger partial charge in [-0.2, -0.15) is 0 Å². The zero-order valence-corrected chi connectivity index (χ0v) is 15.7. The van der Waals surface area contributed by atoms with Crippen molar-refractivity contribution in [3.8, 4) is 0 Å². The van der Waals surface area contributed by atoms with Crippen LogP contribution in [0.2, 0.25) is 4.34 Å². The van der Waals surface area contributed by atoms with Crippen LogP contribution >= 0.6 is 22.9 Å². The Bertz CT molecular complexity index is 811. The van der Waals surface area contributed by atoms with Gasteiger partial charge in [-0.1, -0.05) is 11.6 Å². The number of esters is 2. The standard InChI is InChI=1S/C17H20ClNO4S/c1-5-22-14(20)11-8-12-10(9-13(18)24-12)19(11)17(6-7-17)15(21)23-16(2,3)4/h8-9H,5-7H2,1-4H3. The van der Waals surface area contributed by atoms with Crippen LogP contribution in [0, 0.1) is 0 Å². The minimum Gasteiger partial charge on any atom is -0.461 e. The van der Waals surface area contributed by atoms with Gasteiger partial charge in [-0.25, -0.2) is 9.59 Å². The summed E-state index contributed by atoms with van der Waals surface area (Å²) in [6.07, 6.45) is 1.26. The highest BCUT2D eigenvalue weighted by molar-refractivity contribution is 7.22. The summed E-state index contributed by atoms with van der Waals surface area (Å²) in [5, 5.41) is 0. The summed E-state index contributed by atoms with van der Waals surface area (Å²) in [6.45, 7) is 7.53. The third-order valence-electron chi connectivity index (χ3n) is 3.87. The van der Waals surface area contributed by atoms with Crippen LogP contribution in [0.3, 0.4) is 0 Å². The van der Waals surface area contributed by atoms with Crippen LogP contribution in [0.25, 0.3) is 10.2 Å². The molecule has 0 N–H and O–H groups in total. The average Bonchev–Trinajstić information content (AvgIpc) is 3.06. The number of hydrogen-bond acceptors (Lipinski definition) is 5. The Hall–Kier alpha value is -1.53. The number of hydrogen-bond donors (Lipinski definition) is 0. The van der Waals surface area contributed by atoms with E-state index in [2.05, 4.69) is 0 Å². The summed E-state index contributed by atoms with van der Waals surface area (Å²) in [4.78, 5) is 25.2. The molecule has 0 aromatic carbocycles.